The van der Waals surface area contributed by atoms with Gasteiger partial charge in [0.15, 0.2) is 0 Å². The van der Waals surface area contributed by atoms with E-state index in [1.807, 2.05) is 46.0 Å². The van der Waals surface area contributed by atoms with Crippen LogP contribution in [0.1, 0.15) is 43.1 Å². The Hall–Kier alpha value is -3.81. The second-order valence-electron chi connectivity index (χ2n) is 8.32. The van der Waals surface area contributed by atoms with Gasteiger partial charge in [0.1, 0.15) is 17.2 Å². The third kappa shape index (κ3) is 3.91. The number of fused-ring (bicyclic) bond motifs is 1. The van der Waals surface area contributed by atoms with Crippen LogP contribution in [0, 0.1) is 0 Å². The first-order valence-electron chi connectivity index (χ1n) is 10.9. The third-order valence-corrected chi connectivity index (χ3v) is 5.71. The van der Waals surface area contributed by atoms with E-state index in [9.17, 15) is 4.79 Å². The normalized spacial score (nSPS) is 13.8. The predicted octanol–water partition coefficient (Wildman–Crippen LogP) is 4.45. The van der Waals surface area contributed by atoms with Crippen molar-refractivity contribution >= 4 is 28.6 Å². The maximum absolute atomic E-state index is 12.5. The highest BCUT2D eigenvalue weighted by Crippen LogP contribution is 2.27. The minimum Gasteiger partial charge on any atom is -0.339 e. The molecule has 5 rings (SSSR count). The molecule has 1 aromatic carbocycles. The van der Waals surface area contributed by atoms with E-state index in [0.717, 1.165) is 48.1 Å². The van der Waals surface area contributed by atoms with Crippen LogP contribution in [-0.4, -0.2) is 48.9 Å². The highest BCUT2D eigenvalue weighted by molar-refractivity contribution is 5.94. The molecular weight excluding hydrogens is 402 g/mol. The number of rotatable bonds is 5. The number of aromatic nitrogens is 5. The molecule has 3 aromatic heterocycles. The van der Waals surface area contributed by atoms with Crippen LogP contribution in [0.2, 0.25) is 0 Å². The van der Waals surface area contributed by atoms with Crippen LogP contribution >= 0.6 is 0 Å². The van der Waals surface area contributed by atoms with Gasteiger partial charge in [-0.3, -0.25) is 4.79 Å². The number of carbonyl (C=O) groups is 1. The van der Waals surface area contributed by atoms with Crippen LogP contribution in [0.5, 0.6) is 0 Å². The predicted molar refractivity (Wildman–Crippen MR) is 124 cm³/mol. The quantitative estimate of drug-likeness (QED) is 0.506. The standard InChI is InChI=1S/C24H25N7O/c1-16(2)31-21-13-17(5-7-20(21)28-29-31)18-9-10-25-23(14-18)27-22-8-6-19(15-26-22)24(32)30-11-3-4-12-30/h5-10,13-16H,3-4,11-12H2,1-2H3,(H,25,26,27). The fourth-order valence-electron chi connectivity index (χ4n) is 4.00. The summed E-state index contributed by atoms with van der Waals surface area (Å²) in [6.07, 6.45) is 5.54. The van der Waals surface area contributed by atoms with Crippen molar-refractivity contribution in [2.45, 2.75) is 32.7 Å². The Morgan fingerprint density at radius 2 is 1.78 bits per heavy atom. The van der Waals surface area contributed by atoms with Gasteiger partial charge < -0.3 is 10.2 Å². The molecule has 0 radical (unpaired) electrons. The Balaban J connectivity index is 1.36. The minimum absolute atomic E-state index is 0.0483. The number of nitrogens with zero attached hydrogens (tertiary/aromatic N) is 6. The van der Waals surface area contributed by atoms with Crippen molar-refractivity contribution in [1.29, 1.82) is 0 Å². The van der Waals surface area contributed by atoms with Crippen LogP contribution in [0.4, 0.5) is 11.6 Å². The Morgan fingerprint density at radius 1 is 0.969 bits per heavy atom. The van der Waals surface area contributed by atoms with Gasteiger partial charge in [-0.1, -0.05) is 11.3 Å². The van der Waals surface area contributed by atoms with Gasteiger partial charge in [0.25, 0.3) is 5.91 Å². The first kappa shape index (κ1) is 20.1. The lowest BCUT2D eigenvalue weighted by molar-refractivity contribution is 0.0792. The van der Waals surface area contributed by atoms with Crippen molar-refractivity contribution < 1.29 is 4.79 Å². The zero-order valence-corrected chi connectivity index (χ0v) is 18.2. The summed E-state index contributed by atoms with van der Waals surface area (Å²) in [6.45, 7) is 5.84. The molecule has 8 heteroatoms. The van der Waals surface area contributed by atoms with Crippen molar-refractivity contribution in [2.24, 2.45) is 0 Å². The summed E-state index contributed by atoms with van der Waals surface area (Å²) in [5.41, 5.74) is 4.59. The molecule has 1 fully saturated rings. The highest BCUT2D eigenvalue weighted by atomic mass is 16.2. The van der Waals surface area contributed by atoms with Gasteiger partial charge in [-0.05, 0) is 74.2 Å². The average molecular weight is 428 g/mol. The Labute approximate surface area is 186 Å². The Bertz CT molecular complexity index is 1260. The van der Waals surface area contributed by atoms with Gasteiger partial charge in [0, 0.05) is 31.5 Å². The van der Waals surface area contributed by atoms with Gasteiger partial charge in [0.05, 0.1) is 11.1 Å². The van der Waals surface area contributed by atoms with Crippen molar-refractivity contribution in [1.82, 2.24) is 29.9 Å². The molecule has 4 heterocycles. The average Bonchev–Trinajstić information content (AvgIpc) is 3.49. The SMILES string of the molecule is CC(C)n1nnc2ccc(-c3ccnc(Nc4ccc(C(=O)N5CCCC5)cn4)c3)cc21. The largest absolute Gasteiger partial charge is 0.339 e. The number of amides is 1. The first-order valence-corrected chi connectivity index (χ1v) is 10.9. The molecule has 0 saturated carbocycles. The fraction of sp³-hybridized carbons (Fsp3) is 0.292. The number of hydrogen-bond donors (Lipinski definition) is 1. The van der Waals surface area contributed by atoms with Gasteiger partial charge in [0.2, 0.25) is 0 Å². The second kappa shape index (κ2) is 8.37. The molecule has 32 heavy (non-hydrogen) atoms. The molecule has 1 aliphatic heterocycles. The summed E-state index contributed by atoms with van der Waals surface area (Å²) in [7, 11) is 0. The summed E-state index contributed by atoms with van der Waals surface area (Å²) in [5.74, 6) is 1.38. The van der Waals surface area contributed by atoms with Crippen LogP contribution in [-0.2, 0) is 0 Å². The molecule has 0 spiro atoms. The minimum atomic E-state index is 0.0483. The lowest BCUT2D eigenvalue weighted by Gasteiger charge is -2.15. The molecule has 0 unspecified atom stereocenters. The monoisotopic (exact) mass is 427 g/mol. The Morgan fingerprint density at radius 3 is 2.53 bits per heavy atom. The molecule has 0 atom stereocenters. The number of likely N-dealkylation sites (tertiary alicyclic amines) is 1. The number of carbonyl (C=O) groups excluding carboxylic acids is 1. The molecule has 0 bridgehead atoms. The van der Waals surface area contributed by atoms with E-state index >= 15 is 0 Å². The van der Waals surface area contributed by atoms with E-state index in [2.05, 4.69) is 45.5 Å². The van der Waals surface area contributed by atoms with Gasteiger partial charge in [-0.25, -0.2) is 14.6 Å². The lowest BCUT2D eigenvalue weighted by atomic mass is 10.1. The number of nitrogens with one attached hydrogen (secondary N) is 1. The van der Waals surface area contributed by atoms with Crippen LogP contribution in [0.3, 0.4) is 0 Å². The van der Waals surface area contributed by atoms with E-state index in [1.165, 1.54) is 0 Å². The molecule has 0 aliphatic carbocycles. The number of benzene rings is 1. The number of pyridine rings is 2. The van der Waals surface area contributed by atoms with Gasteiger partial charge in [-0.2, -0.15) is 0 Å². The molecule has 4 aromatic rings. The smallest absolute Gasteiger partial charge is 0.255 e. The molecular formula is C24H25N7O. The van der Waals surface area contributed by atoms with Gasteiger partial charge in [-0.15, -0.1) is 5.10 Å². The summed E-state index contributed by atoms with van der Waals surface area (Å²) >= 11 is 0. The zero-order valence-electron chi connectivity index (χ0n) is 18.2. The van der Waals surface area contributed by atoms with E-state index < -0.39 is 0 Å². The van der Waals surface area contributed by atoms with Crippen molar-refractivity contribution in [3.8, 4) is 11.1 Å². The summed E-state index contributed by atoms with van der Waals surface area (Å²) in [6, 6.07) is 13.9. The van der Waals surface area contributed by atoms with E-state index in [-0.39, 0.29) is 11.9 Å². The first-order chi connectivity index (χ1) is 15.6. The van der Waals surface area contributed by atoms with Crippen LogP contribution in [0.15, 0.2) is 54.9 Å². The van der Waals surface area contributed by atoms with E-state index in [1.54, 1.807) is 12.4 Å². The molecule has 1 saturated heterocycles. The summed E-state index contributed by atoms with van der Waals surface area (Å²) in [4.78, 5) is 23.2. The molecule has 8 nitrogen and oxygen atoms in total. The van der Waals surface area contributed by atoms with Crippen LogP contribution < -0.4 is 5.32 Å². The molecule has 162 valence electrons. The van der Waals surface area contributed by atoms with Crippen molar-refractivity contribution in [2.75, 3.05) is 18.4 Å². The van der Waals surface area contributed by atoms with Crippen LogP contribution in [0.25, 0.3) is 22.2 Å². The fourth-order valence-corrected chi connectivity index (χ4v) is 4.00. The van der Waals surface area contributed by atoms with E-state index in [4.69, 9.17) is 0 Å². The maximum Gasteiger partial charge on any atom is 0.255 e. The van der Waals surface area contributed by atoms with E-state index in [0.29, 0.717) is 17.2 Å². The second-order valence-corrected chi connectivity index (χ2v) is 8.32. The molecule has 1 amide bonds. The third-order valence-electron chi connectivity index (χ3n) is 5.71. The molecule has 1 N–H and O–H groups in total. The highest BCUT2D eigenvalue weighted by Gasteiger charge is 2.19. The van der Waals surface area contributed by atoms with Gasteiger partial charge >= 0.3 is 0 Å². The summed E-state index contributed by atoms with van der Waals surface area (Å²) in [5, 5.41) is 11.7. The van der Waals surface area contributed by atoms with Crippen molar-refractivity contribution in [3.05, 3.63) is 60.4 Å². The Kier molecular flexibility index (Phi) is 5.26. The number of anilines is 2. The zero-order chi connectivity index (χ0) is 22.1. The molecule has 1 aliphatic rings. The number of hydrogen-bond acceptors (Lipinski definition) is 6. The van der Waals surface area contributed by atoms with Crippen molar-refractivity contribution in [3.63, 3.8) is 0 Å². The maximum atomic E-state index is 12.5. The lowest BCUT2D eigenvalue weighted by Crippen LogP contribution is -2.27. The topological polar surface area (TPSA) is 88.8 Å². The summed E-state index contributed by atoms with van der Waals surface area (Å²) < 4.78 is 1.92.